The number of hydrogen-bond donors (Lipinski definition) is 1. The number of hydrogen-bond acceptors (Lipinski definition) is 2. The highest BCUT2D eigenvalue weighted by Gasteiger charge is 2.16. The molecule has 0 fully saturated rings. The van der Waals surface area contributed by atoms with E-state index in [4.69, 9.17) is 23.2 Å². The molecule has 0 aliphatic rings. The first-order valence-electron chi connectivity index (χ1n) is 9.08. The van der Waals surface area contributed by atoms with Gasteiger partial charge in [0.1, 0.15) is 0 Å². The second-order valence-electron chi connectivity index (χ2n) is 6.50. The molecular weight excluding hydrogens is 405 g/mol. The molecule has 3 aromatic carbocycles. The van der Waals surface area contributed by atoms with Crippen LogP contribution in [-0.4, -0.2) is 11.7 Å². The molecule has 0 bridgehead atoms. The molecule has 5 heteroatoms. The van der Waals surface area contributed by atoms with Crippen molar-refractivity contribution in [2.24, 2.45) is 0 Å². The van der Waals surface area contributed by atoms with E-state index in [1.807, 2.05) is 30.3 Å². The molecule has 0 aromatic heterocycles. The molecular formula is C24H19Cl2NO2. The maximum atomic E-state index is 12.8. The lowest BCUT2D eigenvalue weighted by molar-refractivity contribution is -0.117. The summed E-state index contributed by atoms with van der Waals surface area (Å²) in [6, 6.07) is 23.3. The normalized spacial score (nSPS) is 11.2. The summed E-state index contributed by atoms with van der Waals surface area (Å²) in [5.41, 5.74) is 2.66. The Hall–Kier alpha value is -2.88. The van der Waals surface area contributed by atoms with Crippen LogP contribution in [0.15, 0.2) is 84.4 Å². The molecule has 29 heavy (non-hydrogen) atoms. The fourth-order valence-electron chi connectivity index (χ4n) is 2.76. The third kappa shape index (κ3) is 6.31. The molecule has 1 amide bonds. The first kappa shape index (κ1) is 20.8. The molecule has 0 aliphatic carbocycles. The summed E-state index contributed by atoms with van der Waals surface area (Å²) in [5, 5.41) is 4.05. The lowest BCUT2D eigenvalue weighted by Gasteiger charge is -2.10. The molecule has 0 spiro atoms. The van der Waals surface area contributed by atoms with Crippen molar-refractivity contribution < 1.29 is 9.59 Å². The van der Waals surface area contributed by atoms with Gasteiger partial charge < -0.3 is 5.32 Å². The number of benzene rings is 3. The van der Waals surface area contributed by atoms with Gasteiger partial charge in [-0.05, 0) is 53.6 Å². The quantitative estimate of drug-likeness (QED) is 0.375. The van der Waals surface area contributed by atoms with Crippen molar-refractivity contribution in [2.45, 2.75) is 13.0 Å². The van der Waals surface area contributed by atoms with Crippen LogP contribution in [0.25, 0.3) is 6.08 Å². The summed E-state index contributed by atoms with van der Waals surface area (Å²) in [7, 11) is 0. The van der Waals surface area contributed by atoms with Gasteiger partial charge in [-0.15, -0.1) is 0 Å². The molecule has 0 radical (unpaired) electrons. The van der Waals surface area contributed by atoms with E-state index in [1.165, 1.54) is 0 Å². The van der Waals surface area contributed by atoms with Gasteiger partial charge in [-0.25, -0.2) is 0 Å². The van der Waals surface area contributed by atoms with E-state index in [2.05, 4.69) is 5.32 Å². The molecule has 146 valence electrons. The highest BCUT2D eigenvalue weighted by Crippen LogP contribution is 2.18. The Kier molecular flexibility index (Phi) is 7.23. The lowest BCUT2D eigenvalue weighted by Crippen LogP contribution is -2.25. The van der Waals surface area contributed by atoms with E-state index in [-0.39, 0.29) is 18.1 Å². The maximum Gasteiger partial charge on any atom is 0.247 e. The Labute approximate surface area is 180 Å². The summed E-state index contributed by atoms with van der Waals surface area (Å²) in [6.07, 6.45) is 1.69. The van der Waals surface area contributed by atoms with E-state index in [0.717, 1.165) is 11.1 Å². The smallest absolute Gasteiger partial charge is 0.247 e. The highest BCUT2D eigenvalue weighted by molar-refractivity contribution is 6.31. The number of Topliss-reactive ketones (excluding diaryl/α,β-unsaturated/α-hetero) is 1. The SMILES string of the molecule is O=C(NCc1ccccc1)/C(=C/c1ccc(Cl)cc1)CC(=O)c1ccc(Cl)cc1. The molecule has 3 aromatic rings. The zero-order chi connectivity index (χ0) is 20.6. The fraction of sp³-hybridized carbons (Fsp3) is 0.0833. The Bertz CT molecular complexity index is 1010. The van der Waals surface area contributed by atoms with Gasteiger partial charge in [-0.3, -0.25) is 9.59 Å². The van der Waals surface area contributed by atoms with Crippen molar-refractivity contribution in [3.63, 3.8) is 0 Å². The summed E-state index contributed by atoms with van der Waals surface area (Å²) in [5.74, 6) is -0.442. The Morgan fingerprint density at radius 2 is 1.38 bits per heavy atom. The van der Waals surface area contributed by atoms with Gasteiger partial charge in [0.25, 0.3) is 0 Å². The minimum Gasteiger partial charge on any atom is -0.348 e. The van der Waals surface area contributed by atoms with Gasteiger partial charge in [0.2, 0.25) is 5.91 Å². The van der Waals surface area contributed by atoms with Crippen LogP contribution in [0.4, 0.5) is 0 Å². The fourth-order valence-corrected chi connectivity index (χ4v) is 3.01. The molecule has 0 unspecified atom stereocenters. The molecule has 3 nitrogen and oxygen atoms in total. The Balaban J connectivity index is 1.80. The zero-order valence-electron chi connectivity index (χ0n) is 15.6. The largest absolute Gasteiger partial charge is 0.348 e. The van der Waals surface area contributed by atoms with E-state index >= 15 is 0 Å². The van der Waals surface area contributed by atoms with Crippen LogP contribution in [-0.2, 0) is 11.3 Å². The second kappa shape index (κ2) is 10.1. The number of rotatable bonds is 7. The summed E-state index contributed by atoms with van der Waals surface area (Å²) in [4.78, 5) is 25.5. The summed E-state index contributed by atoms with van der Waals surface area (Å²) >= 11 is 11.8. The van der Waals surface area contributed by atoms with Gasteiger partial charge in [-0.2, -0.15) is 0 Å². The second-order valence-corrected chi connectivity index (χ2v) is 7.37. The maximum absolute atomic E-state index is 12.8. The third-order valence-electron chi connectivity index (χ3n) is 4.32. The lowest BCUT2D eigenvalue weighted by atomic mass is 10.00. The third-order valence-corrected chi connectivity index (χ3v) is 4.82. The van der Waals surface area contributed by atoms with Crippen LogP contribution in [0.5, 0.6) is 0 Å². The molecule has 3 rings (SSSR count). The average Bonchev–Trinajstić information content (AvgIpc) is 2.74. The number of nitrogens with one attached hydrogen (secondary N) is 1. The monoisotopic (exact) mass is 423 g/mol. The summed E-state index contributed by atoms with van der Waals surface area (Å²) in [6.45, 7) is 0.382. The number of amides is 1. The van der Waals surface area contributed by atoms with Crippen molar-refractivity contribution >= 4 is 41.0 Å². The number of carbonyl (C=O) groups excluding carboxylic acids is 2. The first-order valence-corrected chi connectivity index (χ1v) is 9.84. The topological polar surface area (TPSA) is 46.2 Å². The predicted octanol–water partition coefficient (Wildman–Crippen LogP) is 5.97. The molecule has 1 N–H and O–H groups in total. The van der Waals surface area contributed by atoms with Gasteiger partial charge in [-0.1, -0.05) is 65.7 Å². The van der Waals surface area contributed by atoms with Gasteiger partial charge >= 0.3 is 0 Å². The minimum absolute atomic E-state index is 0.0229. The molecule has 0 heterocycles. The Morgan fingerprint density at radius 1 is 0.793 bits per heavy atom. The van der Waals surface area contributed by atoms with Crippen LogP contribution in [0.3, 0.4) is 0 Å². The average molecular weight is 424 g/mol. The van der Waals surface area contributed by atoms with Crippen molar-refractivity contribution in [2.75, 3.05) is 0 Å². The van der Waals surface area contributed by atoms with Crippen LogP contribution < -0.4 is 5.32 Å². The van der Waals surface area contributed by atoms with E-state index in [9.17, 15) is 9.59 Å². The van der Waals surface area contributed by atoms with Gasteiger partial charge in [0, 0.05) is 34.1 Å². The number of halogens is 2. The van der Waals surface area contributed by atoms with Crippen LogP contribution in [0, 0.1) is 0 Å². The predicted molar refractivity (Wildman–Crippen MR) is 118 cm³/mol. The Morgan fingerprint density at radius 3 is 2.00 bits per heavy atom. The van der Waals surface area contributed by atoms with Crippen molar-refractivity contribution in [3.05, 3.63) is 111 Å². The molecule has 0 aliphatic heterocycles. The molecule has 0 saturated carbocycles. The van der Waals surface area contributed by atoms with E-state index in [1.54, 1.807) is 54.6 Å². The van der Waals surface area contributed by atoms with E-state index in [0.29, 0.717) is 27.7 Å². The van der Waals surface area contributed by atoms with Gasteiger partial charge in [0.15, 0.2) is 5.78 Å². The first-order chi connectivity index (χ1) is 14.0. The van der Waals surface area contributed by atoms with Crippen molar-refractivity contribution in [1.82, 2.24) is 5.32 Å². The number of carbonyl (C=O) groups is 2. The standard InChI is InChI=1S/C24H19Cl2NO2/c25-21-10-6-17(7-11-21)14-20(15-23(28)19-8-12-22(26)13-9-19)24(29)27-16-18-4-2-1-3-5-18/h1-14H,15-16H2,(H,27,29)/b20-14+. The summed E-state index contributed by atoms with van der Waals surface area (Å²) < 4.78 is 0. The zero-order valence-corrected chi connectivity index (χ0v) is 17.1. The van der Waals surface area contributed by atoms with Crippen molar-refractivity contribution in [1.29, 1.82) is 0 Å². The highest BCUT2D eigenvalue weighted by atomic mass is 35.5. The minimum atomic E-state index is -0.286. The number of ketones is 1. The van der Waals surface area contributed by atoms with Crippen molar-refractivity contribution in [3.8, 4) is 0 Å². The molecule has 0 saturated heterocycles. The van der Waals surface area contributed by atoms with Gasteiger partial charge in [0.05, 0.1) is 0 Å². The van der Waals surface area contributed by atoms with Crippen LogP contribution >= 0.6 is 23.2 Å². The van der Waals surface area contributed by atoms with Crippen LogP contribution in [0.2, 0.25) is 10.0 Å². The molecule has 0 atom stereocenters. The van der Waals surface area contributed by atoms with Crippen LogP contribution in [0.1, 0.15) is 27.9 Å². The van der Waals surface area contributed by atoms with E-state index < -0.39 is 0 Å².